The molecule has 1 unspecified atom stereocenters. The van der Waals surface area contributed by atoms with Gasteiger partial charge < -0.3 is 13.4 Å². The zero-order chi connectivity index (χ0) is 56.9. The van der Waals surface area contributed by atoms with Gasteiger partial charge in [0.15, 0.2) is 7.14 Å². The van der Waals surface area contributed by atoms with Gasteiger partial charge in [-0.3, -0.25) is 4.57 Å². The van der Waals surface area contributed by atoms with E-state index in [0.717, 1.165) is 121 Å². The van der Waals surface area contributed by atoms with Crippen LogP contribution in [0.15, 0.2) is 270 Å². The third-order valence-electron chi connectivity index (χ3n) is 18.7. The van der Waals surface area contributed by atoms with Crippen LogP contribution in [0.25, 0.3) is 128 Å². The number of hydrogen-bond acceptors (Lipinski definition) is 4. The van der Waals surface area contributed by atoms with E-state index in [2.05, 4.69) is 245 Å². The highest BCUT2D eigenvalue weighted by molar-refractivity contribution is 7.85. The number of nitrogens with zero attached hydrogens (tertiary/aromatic N) is 2. The summed E-state index contributed by atoms with van der Waals surface area (Å²) >= 11 is 0. The Morgan fingerprint density at radius 3 is 1.68 bits per heavy atom. The minimum absolute atomic E-state index is 0.127. The molecule has 12 aromatic carbocycles. The standard InChI is InChI=1S/C79H55N2O3P/c1-78(2)67-26-12-11-23-59(67)63-44-66-61-25-16-24-58(76(61)84-75(66)47-69(63)78)49-33-37-56(38-34-49)85(82,55-20-9-6-10-21-55)57-22-15-17-51(41-57)52-36-40-68-62(42-52)64-45-65-60-39-35-53(43-73(60)83-74(65)46-70(64)79(68,3)4)48-29-31-50(32-30-48)77-80-71-27-13-14-28-72(71)81(77)54-18-7-5-8-19-54/h5-47H,1-4H3. The van der Waals surface area contributed by atoms with Crippen LogP contribution in [0.3, 0.4) is 0 Å². The molecule has 0 saturated carbocycles. The largest absolute Gasteiger partial charge is 0.456 e. The number of fused-ring (bicyclic) bond motifs is 13. The highest BCUT2D eigenvalue weighted by Gasteiger charge is 2.38. The predicted octanol–water partition coefficient (Wildman–Crippen LogP) is 19.7. The second-order valence-corrected chi connectivity index (χ2v) is 26.9. The average molecular weight is 1110 g/mol. The van der Waals surface area contributed by atoms with Crippen LogP contribution in [0.4, 0.5) is 0 Å². The van der Waals surface area contributed by atoms with E-state index >= 15 is 4.57 Å². The molecule has 0 N–H and O–H groups in total. The molecule has 85 heavy (non-hydrogen) atoms. The smallest absolute Gasteiger partial charge is 0.171 e. The number of rotatable bonds is 8. The van der Waals surface area contributed by atoms with Crippen LogP contribution in [0.2, 0.25) is 0 Å². The zero-order valence-electron chi connectivity index (χ0n) is 47.4. The Hall–Kier alpha value is -10.1. The van der Waals surface area contributed by atoms with Crippen LogP contribution < -0.4 is 15.9 Å². The number of benzene rings is 12. The molecule has 2 aliphatic rings. The van der Waals surface area contributed by atoms with E-state index in [1.165, 1.54) is 44.5 Å². The first-order chi connectivity index (χ1) is 41.5. The summed E-state index contributed by atoms with van der Waals surface area (Å²) in [5, 5.41) is 6.72. The number of furan rings is 2. The van der Waals surface area contributed by atoms with Gasteiger partial charge in [0, 0.05) is 65.1 Å². The van der Waals surface area contributed by atoms with Crippen molar-refractivity contribution in [1.82, 2.24) is 9.55 Å². The van der Waals surface area contributed by atoms with Gasteiger partial charge in [-0.2, -0.15) is 0 Å². The lowest BCUT2D eigenvalue weighted by atomic mass is 9.82. The monoisotopic (exact) mass is 1110 g/mol. The first kappa shape index (κ1) is 49.5. The van der Waals surface area contributed by atoms with Gasteiger partial charge in [-0.1, -0.05) is 216 Å². The van der Waals surface area contributed by atoms with Gasteiger partial charge >= 0.3 is 0 Å². The van der Waals surface area contributed by atoms with Crippen molar-refractivity contribution in [2.24, 2.45) is 0 Å². The molecule has 0 bridgehead atoms. The molecule has 404 valence electrons. The zero-order valence-corrected chi connectivity index (χ0v) is 48.3. The Balaban J connectivity index is 0.696. The van der Waals surface area contributed by atoms with E-state index < -0.39 is 7.14 Å². The first-order valence-corrected chi connectivity index (χ1v) is 31.0. The summed E-state index contributed by atoms with van der Waals surface area (Å²) in [4.78, 5) is 5.10. The van der Waals surface area contributed by atoms with E-state index in [-0.39, 0.29) is 10.8 Å². The summed E-state index contributed by atoms with van der Waals surface area (Å²) in [7, 11) is -3.38. The molecule has 15 aromatic rings. The maximum absolute atomic E-state index is 16.3. The highest BCUT2D eigenvalue weighted by Crippen LogP contribution is 2.54. The summed E-state index contributed by atoms with van der Waals surface area (Å²) in [5.74, 6) is 0.908. The third kappa shape index (κ3) is 7.37. The lowest BCUT2D eigenvalue weighted by molar-refractivity contribution is 0.592. The molecule has 17 rings (SSSR count). The molecule has 0 spiro atoms. The van der Waals surface area contributed by atoms with Crippen molar-refractivity contribution in [2.45, 2.75) is 38.5 Å². The lowest BCUT2D eigenvalue weighted by Crippen LogP contribution is -2.25. The summed E-state index contributed by atoms with van der Waals surface area (Å²) in [5.41, 5.74) is 23.7. The Bertz CT molecular complexity index is 5310. The summed E-state index contributed by atoms with van der Waals surface area (Å²) < 4.78 is 32.1. The number of hydrogen-bond donors (Lipinski definition) is 0. The van der Waals surface area contributed by atoms with Crippen molar-refractivity contribution < 1.29 is 13.4 Å². The van der Waals surface area contributed by atoms with Gasteiger partial charge in [-0.15, -0.1) is 0 Å². The van der Waals surface area contributed by atoms with Gasteiger partial charge in [0.05, 0.1) is 11.0 Å². The molecule has 2 aliphatic carbocycles. The first-order valence-electron chi connectivity index (χ1n) is 29.3. The van der Waals surface area contributed by atoms with Crippen LogP contribution in [0.5, 0.6) is 0 Å². The molecule has 5 nitrogen and oxygen atoms in total. The van der Waals surface area contributed by atoms with Crippen molar-refractivity contribution in [3.8, 4) is 72.7 Å². The van der Waals surface area contributed by atoms with Gasteiger partial charge in [0.25, 0.3) is 0 Å². The fourth-order valence-electron chi connectivity index (χ4n) is 14.3. The van der Waals surface area contributed by atoms with Gasteiger partial charge in [0.1, 0.15) is 28.2 Å². The number of aromatic nitrogens is 2. The summed E-state index contributed by atoms with van der Waals surface area (Å²) in [6, 6.07) is 91.9. The van der Waals surface area contributed by atoms with Gasteiger partial charge in [0.2, 0.25) is 0 Å². The maximum Gasteiger partial charge on any atom is 0.171 e. The Morgan fingerprint density at radius 1 is 0.353 bits per heavy atom. The van der Waals surface area contributed by atoms with Crippen LogP contribution in [-0.4, -0.2) is 9.55 Å². The maximum atomic E-state index is 16.3. The molecular formula is C79H55N2O3P. The number of imidazole rings is 1. The van der Waals surface area contributed by atoms with Crippen LogP contribution >= 0.6 is 7.14 Å². The van der Waals surface area contributed by atoms with Crippen molar-refractivity contribution in [3.05, 3.63) is 283 Å². The minimum atomic E-state index is -3.38. The fourth-order valence-corrected chi connectivity index (χ4v) is 17.0. The number of para-hydroxylation sites is 4. The SMILES string of the molecule is CC1(C)c2ccc(-c3cccc(P(=O)(c4ccccc4)c4ccc(-c5cccc6c5oc5cc7c(cc56)-c5ccccc5C7(C)C)cc4)c3)cc2-c2cc3c(cc21)oc1cc(-c2ccc(-c4nc5ccccc5n4-c4ccccc4)cc2)ccc13. The van der Waals surface area contributed by atoms with Crippen LogP contribution in [0.1, 0.15) is 49.9 Å². The molecule has 6 heteroatoms. The lowest BCUT2D eigenvalue weighted by Gasteiger charge is -2.22. The second kappa shape index (κ2) is 18.2. The molecule has 0 saturated heterocycles. The molecule has 3 aromatic heterocycles. The molecule has 0 fully saturated rings. The molecule has 1 atom stereocenters. The normalized spacial score (nSPS) is 14.4. The Morgan fingerprint density at radius 2 is 0.894 bits per heavy atom. The van der Waals surface area contributed by atoms with Crippen molar-refractivity contribution in [2.75, 3.05) is 0 Å². The topological polar surface area (TPSA) is 61.2 Å². The van der Waals surface area contributed by atoms with Crippen LogP contribution in [0, 0.1) is 0 Å². The van der Waals surface area contributed by atoms with Crippen LogP contribution in [-0.2, 0) is 15.4 Å². The Labute approximate surface area is 492 Å². The van der Waals surface area contributed by atoms with E-state index in [4.69, 9.17) is 13.8 Å². The van der Waals surface area contributed by atoms with Crippen molar-refractivity contribution in [1.29, 1.82) is 0 Å². The predicted molar refractivity (Wildman–Crippen MR) is 352 cm³/mol. The molecule has 0 aliphatic heterocycles. The molecule has 0 radical (unpaired) electrons. The summed E-state index contributed by atoms with van der Waals surface area (Å²) in [6.07, 6.45) is 0. The Kier molecular flexibility index (Phi) is 10.6. The molecule has 0 amide bonds. The minimum Gasteiger partial charge on any atom is -0.456 e. The second-order valence-electron chi connectivity index (χ2n) is 24.2. The average Bonchev–Trinajstić information content (AvgIpc) is 1.86. The van der Waals surface area contributed by atoms with Gasteiger partial charge in [-0.05, 0) is 145 Å². The van der Waals surface area contributed by atoms with Crippen molar-refractivity contribution >= 4 is 78.0 Å². The third-order valence-corrected chi connectivity index (χ3v) is 21.8. The quantitative estimate of drug-likeness (QED) is 0.142. The highest BCUT2D eigenvalue weighted by atomic mass is 31.2. The molecular weight excluding hydrogens is 1060 g/mol. The van der Waals surface area contributed by atoms with E-state index in [9.17, 15) is 0 Å². The van der Waals surface area contributed by atoms with Gasteiger partial charge in [-0.25, -0.2) is 4.98 Å². The fraction of sp³-hybridized carbons (Fsp3) is 0.0759. The molecule has 3 heterocycles. The van der Waals surface area contributed by atoms with E-state index in [1.807, 2.05) is 48.5 Å². The van der Waals surface area contributed by atoms with Crippen molar-refractivity contribution in [3.63, 3.8) is 0 Å². The van der Waals surface area contributed by atoms with E-state index in [0.29, 0.717) is 0 Å². The summed E-state index contributed by atoms with van der Waals surface area (Å²) in [6.45, 7) is 9.23. The van der Waals surface area contributed by atoms with E-state index in [1.54, 1.807) is 0 Å².